The minimum Gasteiger partial charge on any atom is -0.490 e. The molecule has 1 aliphatic carbocycles. The van der Waals surface area contributed by atoms with Crippen LogP contribution in [-0.2, 0) is 4.74 Å². The van der Waals surface area contributed by atoms with Gasteiger partial charge in [-0.2, -0.15) is 0 Å². The first kappa shape index (κ1) is 22.3. The smallest absolute Gasteiger partial charge is 0.252 e. The molecule has 1 aromatic carbocycles. The van der Waals surface area contributed by atoms with Crippen molar-refractivity contribution in [1.82, 2.24) is 4.98 Å². The summed E-state index contributed by atoms with van der Waals surface area (Å²) < 4.78 is 26.1. The molecule has 1 saturated carbocycles. The Balaban J connectivity index is 1.55. The van der Waals surface area contributed by atoms with Crippen LogP contribution in [0.2, 0.25) is 0 Å². The Hall–Kier alpha value is -2.91. The van der Waals surface area contributed by atoms with E-state index in [9.17, 15) is 9.18 Å². The molecular formula is C23H30FN5O3. The normalized spacial score (nSPS) is 21.7. The highest BCUT2D eigenvalue weighted by atomic mass is 19.1. The molecule has 0 unspecified atom stereocenters. The zero-order valence-corrected chi connectivity index (χ0v) is 18.0. The van der Waals surface area contributed by atoms with Gasteiger partial charge in [0, 0.05) is 36.7 Å². The van der Waals surface area contributed by atoms with Gasteiger partial charge in [0.05, 0.1) is 18.8 Å². The number of aromatic nitrogens is 1. The van der Waals surface area contributed by atoms with Crippen molar-refractivity contribution in [3.8, 4) is 5.75 Å². The van der Waals surface area contributed by atoms with Crippen LogP contribution in [0.3, 0.4) is 0 Å². The van der Waals surface area contributed by atoms with Crippen molar-refractivity contribution in [3.63, 3.8) is 0 Å². The zero-order chi connectivity index (χ0) is 22.5. The molecule has 32 heavy (non-hydrogen) atoms. The Labute approximate surface area is 186 Å². The van der Waals surface area contributed by atoms with Gasteiger partial charge in [0.2, 0.25) is 0 Å². The number of rotatable bonds is 7. The molecule has 0 spiro atoms. The topological polar surface area (TPSA) is 125 Å². The number of hydrogen-bond acceptors (Lipinski definition) is 7. The third kappa shape index (κ3) is 5.46. The lowest BCUT2D eigenvalue weighted by Crippen LogP contribution is -2.43. The van der Waals surface area contributed by atoms with E-state index in [0.29, 0.717) is 24.7 Å². The SMILES string of the molecule is NC(=O)c1cc(F)c(N[C@@H]2CCCC[C@@H]2N)nc1Nc1cccc(OC2CCOCC2)c1. The number of hydrogen-bond donors (Lipinski definition) is 4. The number of benzene rings is 1. The van der Waals surface area contributed by atoms with Crippen molar-refractivity contribution in [2.45, 2.75) is 56.7 Å². The zero-order valence-electron chi connectivity index (χ0n) is 18.0. The predicted octanol–water partition coefficient (Wildman–Crippen LogP) is 3.30. The summed E-state index contributed by atoms with van der Waals surface area (Å²) in [6.45, 7) is 1.37. The van der Waals surface area contributed by atoms with Crippen molar-refractivity contribution in [2.75, 3.05) is 23.8 Å². The van der Waals surface area contributed by atoms with Crippen LogP contribution in [0.1, 0.15) is 48.9 Å². The van der Waals surface area contributed by atoms with E-state index in [1.54, 1.807) is 0 Å². The van der Waals surface area contributed by atoms with Crippen molar-refractivity contribution in [3.05, 3.63) is 41.7 Å². The van der Waals surface area contributed by atoms with Gasteiger partial charge in [0.1, 0.15) is 17.7 Å². The van der Waals surface area contributed by atoms with Crippen LogP contribution in [-0.4, -0.2) is 42.3 Å². The number of primary amides is 1. The van der Waals surface area contributed by atoms with Crippen LogP contribution in [0.5, 0.6) is 5.75 Å². The van der Waals surface area contributed by atoms with Gasteiger partial charge in [-0.1, -0.05) is 18.9 Å². The largest absolute Gasteiger partial charge is 0.490 e. The van der Waals surface area contributed by atoms with E-state index < -0.39 is 11.7 Å². The van der Waals surface area contributed by atoms with Crippen molar-refractivity contribution >= 4 is 23.2 Å². The number of amides is 1. The maximum atomic E-state index is 14.7. The van der Waals surface area contributed by atoms with Crippen molar-refractivity contribution in [1.29, 1.82) is 0 Å². The second kappa shape index (κ2) is 10.1. The van der Waals surface area contributed by atoms with Crippen LogP contribution < -0.4 is 26.8 Å². The summed E-state index contributed by atoms with van der Waals surface area (Å²) in [5.41, 5.74) is 12.3. The highest BCUT2D eigenvalue weighted by Gasteiger charge is 2.24. The lowest BCUT2D eigenvalue weighted by Gasteiger charge is -2.30. The van der Waals surface area contributed by atoms with Crippen molar-refractivity contribution in [2.24, 2.45) is 11.5 Å². The highest BCUT2D eigenvalue weighted by Crippen LogP contribution is 2.28. The fourth-order valence-electron chi connectivity index (χ4n) is 4.16. The van der Waals surface area contributed by atoms with Gasteiger partial charge in [0.15, 0.2) is 11.6 Å². The molecule has 1 saturated heterocycles. The average molecular weight is 444 g/mol. The number of nitrogens with zero attached hydrogens (tertiary/aromatic N) is 1. The molecule has 8 nitrogen and oxygen atoms in total. The maximum Gasteiger partial charge on any atom is 0.252 e. The first-order valence-corrected chi connectivity index (χ1v) is 11.1. The van der Waals surface area contributed by atoms with Gasteiger partial charge in [0.25, 0.3) is 5.91 Å². The van der Waals surface area contributed by atoms with E-state index >= 15 is 0 Å². The third-order valence-corrected chi connectivity index (χ3v) is 5.95. The van der Waals surface area contributed by atoms with Gasteiger partial charge >= 0.3 is 0 Å². The molecule has 4 rings (SSSR count). The van der Waals surface area contributed by atoms with Gasteiger partial charge < -0.3 is 31.6 Å². The Kier molecular flexibility index (Phi) is 7.06. The second-order valence-electron chi connectivity index (χ2n) is 8.36. The number of pyridine rings is 1. The Morgan fingerprint density at radius 2 is 1.91 bits per heavy atom. The molecule has 1 aliphatic heterocycles. The first-order chi connectivity index (χ1) is 15.5. The lowest BCUT2D eigenvalue weighted by molar-refractivity contribution is 0.0256. The quantitative estimate of drug-likeness (QED) is 0.517. The summed E-state index contributed by atoms with van der Waals surface area (Å²) in [7, 11) is 0. The standard InChI is InChI=1S/C23H30FN5O3/c24-18-13-17(21(26)30)22(29-23(18)28-20-7-2-1-6-19(20)25)27-14-4-3-5-16(12-14)32-15-8-10-31-11-9-15/h3-5,12-13,15,19-20H,1-2,6-11,25H2,(H2,26,30)(H2,27,28,29)/t19-,20+/m0/s1. The van der Waals surface area contributed by atoms with Gasteiger partial charge in [-0.25, -0.2) is 9.37 Å². The minimum atomic E-state index is -0.769. The number of anilines is 3. The monoisotopic (exact) mass is 443 g/mol. The molecule has 2 aliphatic rings. The molecule has 2 aromatic rings. The molecule has 2 fully saturated rings. The Morgan fingerprint density at radius 3 is 2.66 bits per heavy atom. The van der Waals surface area contributed by atoms with Crippen LogP contribution in [0, 0.1) is 5.82 Å². The van der Waals surface area contributed by atoms with E-state index in [2.05, 4.69) is 15.6 Å². The molecule has 9 heteroatoms. The average Bonchev–Trinajstić information content (AvgIpc) is 2.78. The van der Waals surface area contributed by atoms with E-state index in [4.69, 9.17) is 20.9 Å². The Morgan fingerprint density at radius 1 is 1.12 bits per heavy atom. The first-order valence-electron chi connectivity index (χ1n) is 11.1. The second-order valence-corrected chi connectivity index (χ2v) is 8.36. The molecule has 1 amide bonds. The summed E-state index contributed by atoms with van der Waals surface area (Å²) in [6.07, 6.45) is 5.58. The van der Waals surface area contributed by atoms with Crippen molar-refractivity contribution < 1.29 is 18.7 Å². The molecule has 1 aromatic heterocycles. The maximum absolute atomic E-state index is 14.7. The van der Waals surface area contributed by atoms with Crippen LogP contribution in [0.4, 0.5) is 21.7 Å². The fraction of sp³-hybridized carbons (Fsp3) is 0.478. The van der Waals surface area contributed by atoms with Crippen LogP contribution >= 0.6 is 0 Å². The summed E-state index contributed by atoms with van der Waals surface area (Å²) in [5, 5.41) is 6.21. The molecule has 0 bridgehead atoms. The van der Waals surface area contributed by atoms with E-state index in [1.807, 2.05) is 24.3 Å². The third-order valence-electron chi connectivity index (χ3n) is 5.95. The van der Waals surface area contributed by atoms with Gasteiger partial charge in [-0.3, -0.25) is 4.79 Å². The Bertz CT molecular complexity index is 951. The van der Waals surface area contributed by atoms with Crippen LogP contribution in [0.15, 0.2) is 30.3 Å². The van der Waals surface area contributed by atoms with E-state index in [1.165, 1.54) is 0 Å². The predicted molar refractivity (Wildman–Crippen MR) is 121 cm³/mol. The lowest BCUT2D eigenvalue weighted by atomic mass is 9.91. The highest BCUT2D eigenvalue weighted by molar-refractivity contribution is 5.98. The number of nitrogens with two attached hydrogens (primary N) is 2. The molecule has 6 N–H and O–H groups in total. The van der Waals surface area contributed by atoms with Crippen LogP contribution in [0.25, 0.3) is 0 Å². The molecule has 0 radical (unpaired) electrons. The number of ether oxygens (including phenoxy) is 2. The van der Waals surface area contributed by atoms with Gasteiger partial charge in [-0.15, -0.1) is 0 Å². The summed E-state index contributed by atoms with van der Waals surface area (Å²) >= 11 is 0. The molecule has 172 valence electrons. The number of nitrogens with one attached hydrogen (secondary N) is 2. The summed E-state index contributed by atoms with van der Waals surface area (Å²) in [6, 6.07) is 8.30. The van der Waals surface area contributed by atoms with E-state index in [-0.39, 0.29) is 35.4 Å². The van der Waals surface area contributed by atoms with Gasteiger partial charge in [-0.05, 0) is 31.0 Å². The number of carbonyl (C=O) groups is 1. The number of halogens is 1. The minimum absolute atomic E-state index is 0.0308. The summed E-state index contributed by atoms with van der Waals surface area (Å²) in [4.78, 5) is 16.3. The molecule has 2 heterocycles. The molecular weight excluding hydrogens is 413 g/mol. The number of carbonyl (C=O) groups excluding carboxylic acids is 1. The van der Waals surface area contributed by atoms with E-state index in [0.717, 1.165) is 44.6 Å². The summed E-state index contributed by atoms with van der Waals surface area (Å²) in [5.74, 6) is -0.493. The fourth-order valence-corrected chi connectivity index (χ4v) is 4.16. The molecule has 2 atom stereocenters.